The zero-order valence-electron chi connectivity index (χ0n) is 11.5. The van der Waals surface area contributed by atoms with E-state index in [-0.39, 0.29) is 12.1 Å². The van der Waals surface area contributed by atoms with E-state index in [1.807, 2.05) is 6.92 Å². The minimum absolute atomic E-state index is 0.179. The third kappa shape index (κ3) is 4.07. The lowest BCUT2D eigenvalue weighted by atomic mass is 9.75. The zero-order chi connectivity index (χ0) is 12.8. The average Bonchev–Trinajstić information content (AvgIpc) is 2.28. The highest BCUT2D eigenvalue weighted by atomic mass is 16.6. The average molecular weight is 236 g/mol. The lowest BCUT2D eigenvalue weighted by Crippen LogP contribution is -2.36. The van der Waals surface area contributed by atoms with Crippen LogP contribution in [0.15, 0.2) is 0 Å². The smallest absolute Gasteiger partial charge is 0.398 e. The van der Waals surface area contributed by atoms with Crippen molar-refractivity contribution in [3.05, 3.63) is 6.42 Å². The molecule has 0 unspecified atom stereocenters. The van der Waals surface area contributed by atoms with Gasteiger partial charge in [0.15, 0.2) is 12.7 Å². The van der Waals surface area contributed by atoms with Crippen molar-refractivity contribution in [2.24, 2.45) is 17.8 Å². The molecule has 1 aliphatic rings. The summed E-state index contributed by atoms with van der Waals surface area (Å²) in [6.07, 6.45) is 10.9. The van der Waals surface area contributed by atoms with Gasteiger partial charge in [0.25, 0.3) is 0 Å². The van der Waals surface area contributed by atoms with Crippen molar-refractivity contribution in [2.75, 3.05) is 6.61 Å². The van der Waals surface area contributed by atoms with Crippen molar-refractivity contribution in [2.45, 2.75) is 53.1 Å². The van der Waals surface area contributed by atoms with Crippen LogP contribution in [-0.2, 0) is 9.16 Å². The van der Waals surface area contributed by atoms with E-state index in [2.05, 4.69) is 26.7 Å². The Hall–Kier alpha value is -0.970. The Bertz CT molecular complexity index is 299. The molecule has 0 radical (unpaired) electrons. The monoisotopic (exact) mass is 236 g/mol. The third-order valence-electron chi connectivity index (χ3n) is 3.60. The van der Waals surface area contributed by atoms with E-state index < -0.39 is 0 Å². The molecule has 0 spiro atoms. The van der Waals surface area contributed by atoms with Gasteiger partial charge in [-0.3, -0.25) is 0 Å². The minimum Gasteiger partial charge on any atom is -0.398 e. The van der Waals surface area contributed by atoms with Crippen molar-refractivity contribution in [1.82, 2.24) is 0 Å². The number of hydrogen-bond donors (Lipinski definition) is 0. The molecular weight excluding hydrogens is 212 g/mol. The summed E-state index contributed by atoms with van der Waals surface area (Å²) in [6, 6.07) is 0. The minimum atomic E-state index is 0.179. The molecule has 0 aromatic heterocycles. The first kappa shape index (κ1) is 14.1. The van der Waals surface area contributed by atoms with Crippen LogP contribution in [0.1, 0.15) is 47.0 Å². The molecule has 1 rings (SSSR count). The molecule has 17 heavy (non-hydrogen) atoms. The van der Waals surface area contributed by atoms with Crippen LogP contribution >= 0.6 is 0 Å². The van der Waals surface area contributed by atoms with E-state index in [1.165, 1.54) is 12.8 Å². The van der Waals surface area contributed by atoms with Gasteiger partial charge >= 0.3 is 5.97 Å². The maximum Gasteiger partial charge on any atom is 0.409 e. The van der Waals surface area contributed by atoms with Crippen LogP contribution in [0.3, 0.4) is 0 Å². The highest BCUT2D eigenvalue weighted by Gasteiger charge is 2.35. The number of esters is 1. The van der Waals surface area contributed by atoms with Gasteiger partial charge in [-0.1, -0.05) is 20.8 Å². The number of hydrogen-bond acceptors (Lipinski definition) is 1. The van der Waals surface area contributed by atoms with Gasteiger partial charge in [-0.15, -0.1) is 5.92 Å². The first-order chi connectivity index (χ1) is 8.08. The SMILES string of the molecule is [C-]#CC(O[C@@H]1C[C@H](C)CC[C@H]1C(C)C)=[O+]CC. The third-order valence-corrected chi connectivity index (χ3v) is 3.60. The van der Waals surface area contributed by atoms with Crippen LogP contribution in [0.2, 0.25) is 0 Å². The van der Waals surface area contributed by atoms with E-state index in [4.69, 9.17) is 15.6 Å². The molecule has 0 aromatic rings. The van der Waals surface area contributed by atoms with Crippen molar-refractivity contribution in [3.8, 4) is 5.92 Å². The summed E-state index contributed by atoms with van der Waals surface area (Å²) < 4.78 is 11.1. The summed E-state index contributed by atoms with van der Waals surface area (Å²) >= 11 is 0. The highest BCUT2D eigenvalue weighted by molar-refractivity contribution is 5.87. The fraction of sp³-hybridized carbons (Fsp3) is 0.800. The Morgan fingerprint density at radius 2 is 2.18 bits per heavy atom. The molecule has 96 valence electrons. The molecule has 0 amide bonds. The van der Waals surface area contributed by atoms with E-state index in [9.17, 15) is 0 Å². The van der Waals surface area contributed by atoms with Crippen molar-refractivity contribution < 1.29 is 9.16 Å². The van der Waals surface area contributed by atoms with Gasteiger partial charge in [-0.2, -0.15) is 0 Å². The molecule has 0 bridgehead atoms. The van der Waals surface area contributed by atoms with Gasteiger partial charge in [0.05, 0.1) is 0 Å². The van der Waals surface area contributed by atoms with Crippen LogP contribution in [0.5, 0.6) is 0 Å². The Morgan fingerprint density at radius 3 is 2.71 bits per heavy atom. The van der Waals surface area contributed by atoms with Gasteiger partial charge in [0.2, 0.25) is 0 Å². The summed E-state index contributed by atoms with van der Waals surface area (Å²) in [5.74, 6) is 4.37. The fourth-order valence-corrected chi connectivity index (χ4v) is 2.62. The summed E-state index contributed by atoms with van der Waals surface area (Å²) in [6.45, 7) is 9.16. The fourth-order valence-electron chi connectivity index (χ4n) is 2.62. The van der Waals surface area contributed by atoms with Crippen molar-refractivity contribution >= 4 is 5.97 Å². The molecule has 0 saturated heterocycles. The maximum absolute atomic E-state index is 7.17. The maximum atomic E-state index is 7.17. The van der Waals surface area contributed by atoms with Crippen LogP contribution in [0, 0.1) is 30.1 Å². The predicted octanol–water partition coefficient (Wildman–Crippen LogP) is 3.14. The van der Waals surface area contributed by atoms with Crippen molar-refractivity contribution in [3.63, 3.8) is 0 Å². The molecule has 0 heterocycles. The lowest BCUT2D eigenvalue weighted by Gasteiger charge is -2.33. The lowest BCUT2D eigenvalue weighted by molar-refractivity contribution is -0.462. The van der Waals surface area contributed by atoms with Crippen LogP contribution < -0.4 is 0 Å². The number of rotatable bonds is 3. The largest absolute Gasteiger partial charge is 0.409 e. The van der Waals surface area contributed by atoms with E-state index in [1.54, 1.807) is 0 Å². The van der Waals surface area contributed by atoms with Gasteiger partial charge in [-0.25, -0.2) is 0 Å². The molecular formula is C15H24O2. The van der Waals surface area contributed by atoms with E-state index in [0.717, 1.165) is 6.42 Å². The standard InChI is InChI=1S/C15H24O2/c1-6-15(16-7-2)17-14-10-12(5)8-9-13(14)11(3)4/h11-14H,7-10H2,2-5H3/t12-,13+,14-/m1/s1. The second kappa shape index (κ2) is 6.69. The molecule has 0 N–H and O–H groups in total. The molecule has 0 aliphatic heterocycles. The second-order valence-corrected chi connectivity index (χ2v) is 5.33. The van der Waals surface area contributed by atoms with Gasteiger partial charge in [0, 0.05) is 12.3 Å². The first-order valence-electron chi connectivity index (χ1n) is 6.67. The van der Waals surface area contributed by atoms with Gasteiger partial charge < -0.3 is 15.6 Å². The summed E-state index contributed by atoms with van der Waals surface area (Å²) in [5.41, 5.74) is 0. The molecule has 1 fully saturated rings. The Labute approximate surface area is 105 Å². The first-order valence-corrected chi connectivity index (χ1v) is 6.67. The number of carbonyl (C=O) groups excluding carboxylic acids is 1. The Morgan fingerprint density at radius 1 is 1.47 bits per heavy atom. The molecule has 1 saturated carbocycles. The Kier molecular flexibility index (Phi) is 5.55. The van der Waals surface area contributed by atoms with Crippen molar-refractivity contribution in [1.29, 1.82) is 0 Å². The van der Waals surface area contributed by atoms with Crippen LogP contribution in [-0.4, -0.2) is 18.7 Å². The molecule has 3 atom stereocenters. The molecule has 2 nitrogen and oxygen atoms in total. The normalized spacial score (nSPS) is 30.1. The van der Waals surface area contributed by atoms with Gasteiger partial charge in [-0.05, 0) is 31.6 Å². The molecule has 1 aliphatic carbocycles. The summed E-state index contributed by atoms with van der Waals surface area (Å²) in [4.78, 5) is 0. The molecule has 2 heteroatoms. The van der Waals surface area contributed by atoms with E-state index in [0.29, 0.717) is 24.4 Å². The Balaban J connectivity index is 2.70. The molecule has 0 aromatic carbocycles. The predicted molar refractivity (Wildman–Crippen MR) is 68.9 cm³/mol. The van der Waals surface area contributed by atoms with Crippen LogP contribution in [0.25, 0.3) is 0 Å². The highest BCUT2D eigenvalue weighted by Crippen LogP contribution is 2.35. The van der Waals surface area contributed by atoms with E-state index >= 15 is 0 Å². The summed E-state index contributed by atoms with van der Waals surface area (Å²) in [7, 11) is 0. The van der Waals surface area contributed by atoms with Crippen LogP contribution in [0.4, 0.5) is 0 Å². The van der Waals surface area contributed by atoms with Gasteiger partial charge in [0.1, 0.15) is 0 Å². The summed E-state index contributed by atoms with van der Waals surface area (Å²) in [5, 5.41) is 0. The number of ether oxygens (including phenoxy) is 1. The quantitative estimate of drug-likeness (QED) is 0.319. The topological polar surface area (TPSA) is 20.5 Å². The second-order valence-electron chi connectivity index (χ2n) is 5.33. The zero-order valence-corrected chi connectivity index (χ0v) is 11.5.